The lowest BCUT2D eigenvalue weighted by Gasteiger charge is -2.38. The minimum absolute atomic E-state index is 0.0940. The van der Waals surface area contributed by atoms with Crippen LogP contribution < -0.4 is 11.1 Å². The van der Waals surface area contributed by atoms with Gasteiger partial charge in [-0.2, -0.15) is 0 Å². The molecule has 0 bridgehead atoms. The highest BCUT2D eigenvalue weighted by molar-refractivity contribution is 5.79. The highest BCUT2D eigenvalue weighted by atomic mass is 16.3. The summed E-state index contributed by atoms with van der Waals surface area (Å²) in [5.74, 6) is -0.323. The first-order valence-corrected chi connectivity index (χ1v) is 5.81. The Morgan fingerprint density at radius 1 is 1.47 bits per heavy atom. The van der Waals surface area contributed by atoms with Crippen LogP contribution in [0.1, 0.15) is 45.4 Å². The summed E-state index contributed by atoms with van der Waals surface area (Å²) in [5.41, 5.74) is 5.03. The standard InChI is InChI=1S/C11H22N2O2/c1-2-9(10(12)15)13-11(8-14)6-4-3-5-7-11/h9,13-14H,2-8H2,1H3,(H2,12,15). The molecule has 1 amide bonds. The van der Waals surface area contributed by atoms with Crippen molar-refractivity contribution in [2.45, 2.75) is 57.0 Å². The Hall–Kier alpha value is -0.610. The summed E-state index contributed by atoms with van der Waals surface area (Å²) in [6.45, 7) is 2.02. The first-order chi connectivity index (χ1) is 7.13. The molecule has 0 aromatic rings. The predicted octanol–water partition coefficient (Wildman–Crippen LogP) is 0.535. The number of carbonyl (C=O) groups excluding carboxylic acids is 1. The van der Waals surface area contributed by atoms with E-state index in [1.165, 1.54) is 6.42 Å². The molecular formula is C11H22N2O2. The molecule has 0 radical (unpaired) electrons. The van der Waals surface area contributed by atoms with Crippen molar-refractivity contribution in [2.24, 2.45) is 5.73 Å². The smallest absolute Gasteiger partial charge is 0.234 e. The van der Waals surface area contributed by atoms with Gasteiger partial charge in [0.05, 0.1) is 12.6 Å². The second-order valence-electron chi connectivity index (χ2n) is 4.51. The highest BCUT2D eigenvalue weighted by Gasteiger charge is 2.34. The molecule has 4 N–H and O–H groups in total. The van der Waals surface area contributed by atoms with Gasteiger partial charge in [0, 0.05) is 5.54 Å². The van der Waals surface area contributed by atoms with Crippen LogP contribution in [0.3, 0.4) is 0 Å². The number of hydrogen-bond acceptors (Lipinski definition) is 3. The van der Waals surface area contributed by atoms with E-state index < -0.39 is 0 Å². The third-order valence-corrected chi connectivity index (χ3v) is 3.35. The van der Waals surface area contributed by atoms with E-state index in [9.17, 15) is 9.90 Å². The molecule has 1 aliphatic rings. The van der Waals surface area contributed by atoms with Crippen molar-refractivity contribution in [3.8, 4) is 0 Å². The maximum Gasteiger partial charge on any atom is 0.234 e. The van der Waals surface area contributed by atoms with Crippen molar-refractivity contribution in [1.29, 1.82) is 0 Å². The normalized spacial score (nSPS) is 22.3. The van der Waals surface area contributed by atoms with Crippen LogP contribution in [0, 0.1) is 0 Å². The topological polar surface area (TPSA) is 75.3 Å². The average molecular weight is 214 g/mol. The van der Waals surface area contributed by atoms with Gasteiger partial charge >= 0.3 is 0 Å². The first kappa shape index (κ1) is 12.5. The van der Waals surface area contributed by atoms with Crippen molar-refractivity contribution in [2.75, 3.05) is 6.61 Å². The summed E-state index contributed by atoms with van der Waals surface area (Å²) < 4.78 is 0. The van der Waals surface area contributed by atoms with Gasteiger partial charge in [0.2, 0.25) is 5.91 Å². The zero-order chi connectivity index (χ0) is 11.3. The Kier molecular flexibility index (Phi) is 4.54. The van der Waals surface area contributed by atoms with E-state index in [-0.39, 0.29) is 24.1 Å². The highest BCUT2D eigenvalue weighted by Crippen LogP contribution is 2.28. The summed E-state index contributed by atoms with van der Waals surface area (Å²) >= 11 is 0. The molecule has 4 nitrogen and oxygen atoms in total. The molecule has 15 heavy (non-hydrogen) atoms. The van der Waals surface area contributed by atoms with E-state index in [1.54, 1.807) is 0 Å². The molecule has 1 fully saturated rings. The number of nitrogens with one attached hydrogen (secondary N) is 1. The number of nitrogens with two attached hydrogens (primary N) is 1. The minimum Gasteiger partial charge on any atom is -0.394 e. The second-order valence-corrected chi connectivity index (χ2v) is 4.51. The predicted molar refractivity (Wildman–Crippen MR) is 59.3 cm³/mol. The third kappa shape index (κ3) is 3.18. The molecule has 0 aliphatic heterocycles. The molecule has 0 aromatic carbocycles. The molecule has 1 unspecified atom stereocenters. The van der Waals surface area contributed by atoms with Crippen LogP contribution in [0.15, 0.2) is 0 Å². The molecule has 1 saturated carbocycles. The molecule has 4 heteroatoms. The largest absolute Gasteiger partial charge is 0.394 e. The first-order valence-electron chi connectivity index (χ1n) is 5.81. The summed E-state index contributed by atoms with van der Waals surface area (Å²) in [5, 5.41) is 12.7. The summed E-state index contributed by atoms with van der Waals surface area (Å²) in [6, 6.07) is -0.310. The fourth-order valence-corrected chi connectivity index (χ4v) is 2.32. The second kappa shape index (κ2) is 5.47. The van der Waals surface area contributed by atoms with Gasteiger partial charge in [0.1, 0.15) is 0 Å². The van der Waals surface area contributed by atoms with Gasteiger partial charge in [-0.15, -0.1) is 0 Å². The maximum absolute atomic E-state index is 11.1. The lowest BCUT2D eigenvalue weighted by atomic mass is 9.81. The van der Waals surface area contributed by atoms with Gasteiger partial charge in [0.15, 0.2) is 0 Å². The Morgan fingerprint density at radius 2 is 2.07 bits per heavy atom. The van der Waals surface area contributed by atoms with E-state index in [2.05, 4.69) is 5.32 Å². The lowest BCUT2D eigenvalue weighted by molar-refractivity contribution is -0.121. The Bertz CT molecular complexity index is 213. The van der Waals surface area contributed by atoms with Crippen LogP contribution in [0.25, 0.3) is 0 Å². The Labute approximate surface area is 91.2 Å². The number of aliphatic hydroxyl groups is 1. The van der Waals surface area contributed by atoms with Crippen LogP contribution in [0.4, 0.5) is 0 Å². The van der Waals surface area contributed by atoms with Crippen LogP contribution in [-0.2, 0) is 4.79 Å². The molecule has 1 atom stereocenters. The van der Waals surface area contributed by atoms with E-state index in [0.29, 0.717) is 6.42 Å². The maximum atomic E-state index is 11.1. The van der Waals surface area contributed by atoms with Crippen molar-refractivity contribution < 1.29 is 9.90 Å². The van der Waals surface area contributed by atoms with Crippen LogP contribution >= 0.6 is 0 Å². The molecule has 1 rings (SSSR count). The monoisotopic (exact) mass is 214 g/mol. The van der Waals surface area contributed by atoms with Crippen molar-refractivity contribution in [3.63, 3.8) is 0 Å². The van der Waals surface area contributed by atoms with E-state index in [1.807, 2.05) is 6.92 Å². The van der Waals surface area contributed by atoms with E-state index in [4.69, 9.17) is 5.73 Å². The van der Waals surface area contributed by atoms with Crippen LogP contribution in [-0.4, -0.2) is 29.2 Å². The number of carbonyl (C=O) groups is 1. The molecule has 0 saturated heterocycles. The van der Waals surface area contributed by atoms with Gasteiger partial charge in [-0.05, 0) is 19.3 Å². The SMILES string of the molecule is CCC(NC1(CO)CCCCC1)C(N)=O. The van der Waals surface area contributed by atoms with Gasteiger partial charge in [-0.3, -0.25) is 10.1 Å². The molecule has 0 aromatic heterocycles. The van der Waals surface area contributed by atoms with Crippen molar-refractivity contribution in [1.82, 2.24) is 5.32 Å². The number of rotatable bonds is 5. The van der Waals surface area contributed by atoms with Crippen LogP contribution in [0.5, 0.6) is 0 Å². The number of aliphatic hydroxyl groups excluding tert-OH is 1. The Balaban J connectivity index is 2.61. The van der Waals surface area contributed by atoms with Gasteiger partial charge in [-0.25, -0.2) is 0 Å². The average Bonchev–Trinajstić information content (AvgIpc) is 2.27. The fraction of sp³-hybridized carbons (Fsp3) is 0.909. The Morgan fingerprint density at radius 3 is 2.47 bits per heavy atom. The fourth-order valence-electron chi connectivity index (χ4n) is 2.32. The minimum atomic E-state index is -0.323. The van der Waals surface area contributed by atoms with Crippen LogP contribution in [0.2, 0.25) is 0 Å². The van der Waals surface area contributed by atoms with E-state index >= 15 is 0 Å². The molecule has 1 aliphatic carbocycles. The van der Waals surface area contributed by atoms with E-state index in [0.717, 1.165) is 25.7 Å². The lowest BCUT2D eigenvalue weighted by Crippen LogP contribution is -2.57. The van der Waals surface area contributed by atoms with Crippen molar-refractivity contribution >= 4 is 5.91 Å². The van der Waals surface area contributed by atoms with Gasteiger partial charge in [0.25, 0.3) is 0 Å². The zero-order valence-corrected chi connectivity index (χ0v) is 9.46. The number of hydrogen-bond donors (Lipinski definition) is 3. The quantitative estimate of drug-likeness (QED) is 0.625. The van der Waals surface area contributed by atoms with Gasteiger partial charge in [-0.1, -0.05) is 26.2 Å². The third-order valence-electron chi connectivity index (χ3n) is 3.35. The number of primary amides is 1. The van der Waals surface area contributed by atoms with Crippen molar-refractivity contribution in [3.05, 3.63) is 0 Å². The zero-order valence-electron chi connectivity index (χ0n) is 9.46. The molecule has 88 valence electrons. The summed E-state index contributed by atoms with van der Waals surface area (Å²) in [7, 11) is 0. The van der Waals surface area contributed by atoms with Gasteiger partial charge < -0.3 is 10.8 Å². The number of amides is 1. The summed E-state index contributed by atoms with van der Waals surface area (Å²) in [6.07, 6.45) is 6.00. The summed E-state index contributed by atoms with van der Waals surface area (Å²) in [4.78, 5) is 11.1. The molecule has 0 heterocycles. The molecular weight excluding hydrogens is 192 g/mol. The molecule has 0 spiro atoms.